The smallest absolute Gasteiger partial charge is 0.337 e. The van der Waals surface area contributed by atoms with Crippen LogP contribution < -0.4 is 5.32 Å². The van der Waals surface area contributed by atoms with E-state index in [2.05, 4.69) is 14.9 Å². The molecule has 1 N–H and O–H groups in total. The van der Waals surface area contributed by atoms with E-state index in [1.165, 1.54) is 31.0 Å². The lowest BCUT2D eigenvalue weighted by Gasteiger charge is -2.05. The van der Waals surface area contributed by atoms with Crippen LogP contribution in [0.4, 0.5) is 10.1 Å². The summed E-state index contributed by atoms with van der Waals surface area (Å²) in [5.74, 6) is -0.912. The standard InChI is InChI=1S/C27H20FN3O3S/c1-34-26(33)18-8-12-21(13-9-18)29-27-30-25(32)24(35-27)14-19-16-31(23-5-3-2-4-22(19)23)15-17-6-10-20(28)11-7-17/h2-14,16H,15H2,1H3,(H,29,30,32)/b24-14-. The van der Waals surface area contributed by atoms with Crippen molar-refractivity contribution in [1.29, 1.82) is 0 Å². The summed E-state index contributed by atoms with van der Waals surface area (Å²) in [6, 6.07) is 21.0. The van der Waals surface area contributed by atoms with E-state index in [0.717, 1.165) is 22.0 Å². The van der Waals surface area contributed by atoms with E-state index < -0.39 is 5.97 Å². The Kier molecular flexibility index (Phi) is 6.20. The minimum atomic E-state index is -0.420. The van der Waals surface area contributed by atoms with E-state index in [0.29, 0.717) is 27.9 Å². The lowest BCUT2D eigenvalue weighted by atomic mass is 10.1. The van der Waals surface area contributed by atoms with Crippen LogP contribution in [-0.2, 0) is 16.1 Å². The lowest BCUT2D eigenvalue weighted by Crippen LogP contribution is -2.19. The van der Waals surface area contributed by atoms with Gasteiger partial charge in [0.2, 0.25) is 0 Å². The fourth-order valence-electron chi connectivity index (χ4n) is 3.84. The zero-order chi connectivity index (χ0) is 24.4. The molecule has 0 bridgehead atoms. The third-order valence-electron chi connectivity index (χ3n) is 5.54. The van der Waals surface area contributed by atoms with Crippen LogP contribution in [0.3, 0.4) is 0 Å². The highest BCUT2D eigenvalue weighted by atomic mass is 32.2. The average molecular weight is 486 g/mol. The second kappa shape index (κ2) is 9.60. The molecule has 1 aliphatic rings. The number of esters is 1. The van der Waals surface area contributed by atoms with E-state index >= 15 is 0 Å². The first-order chi connectivity index (χ1) is 17.0. The molecule has 0 atom stereocenters. The van der Waals surface area contributed by atoms with Crippen molar-refractivity contribution in [2.24, 2.45) is 4.99 Å². The summed E-state index contributed by atoms with van der Waals surface area (Å²) in [6.07, 6.45) is 3.85. The molecule has 35 heavy (non-hydrogen) atoms. The molecular formula is C27H20FN3O3S. The minimum Gasteiger partial charge on any atom is -0.465 e. The number of thioether (sulfide) groups is 1. The highest BCUT2D eigenvalue weighted by Gasteiger charge is 2.24. The molecule has 0 spiro atoms. The lowest BCUT2D eigenvalue weighted by molar-refractivity contribution is -0.115. The summed E-state index contributed by atoms with van der Waals surface area (Å²) in [5, 5.41) is 4.27. The molecule has 0 unspecified atom stereocenters. The van der Waals surface area contributed by atoms with E-state index in [9.17, 15) is 14.0 Å². The van der Waals surface area contributed by atoms with Gasteiger partial charge in [-0.15, -0.1) is 0 Å². The van der Waals surface area contributed by atoms with Gasteiger partial charge in [-0.05, 0) is 65.9 Å². The molecule has 174 valence electrons. The molecule has 1 fully saturated rings. The summed E-state index contributed by atoms with van der Waals surface area (Å²) in [5.41, 5.74) is 3.94. The topological polar surface area (TPSA) is 72.7 Å². The molecule has 6 nitrogen and oxygen atoms in total. The molecule has 3 aromatic carbocycles. The highest BCUT2D eigenvalue weighted by Crippen LogP contribution is 2.31. The van der Waals surface area contributed by atoms with Crippen molar-refractivity contribution in [2.75, 3.05) is 7.11 Å². The van der Waals surface area contributed by atoms with Crippen molar-refractivity contribution in [3.8, 4) is 0 Å². The molecule has 0 aliphatic carbocycles. The molecule has 0 radical (unpaired) electrons. The Morgan fingerprint density at radius 1 is 1.09 bits per heavy atom. The number of hydrogen-bond donors (Lipinski definition) is 1. The third kappa shape index (κ3) is 4.88. The zero-order valence-corrected chi connectivity index (χ0v) is 19.5. The number of carbonyl (C=O) groups excluding carboxylic acids is 2. The van der Waals surface area contributed by atoms with Crippen LogP contribution in [0.15, 0.2) is 88.9 Å². The predicted octanol–water partition coefficient (Wildman–Crippen LogP) is 5.51. The molecular weight excluding hydrogens is 465 g/mol. The average Bonchev–Trinajstić information content (AvgIpc) is 3.40. The van der Waals surface area contributed by atoms with Gasteiger partial charge in [-0.3, -0.25) is 4.79 Å². The summed E-state index contributed by atoms with van der Waals surface area (Å²) < 4.78 is 20.1. The largest absolute Gasteiger partial charge is 0.465 e. The maximum Gasteiger partial charge on any atom is 0.337 e. The van der Waals surface area contributed by atoms with E-state index in [4.69, 9.17) is 4.74 Å². The SMILES string of the molecule is COC(=O)c1ccc(N=C2NC(=O)/C(=C/c3cn(Cc4ccc(F)cc4)c4ccccc34)S2)cc1. The van der Waals surface area contributed by atoms with Crippen molar-refractivity contribution < 1.29 is 18.7 Å². The van der Waals surface area contributed by atoms with Gasteiger partial charge in [-0.1, -0.05) is 30.3 Å². The number of methoxy groups -OCH3 is 1. The minimum absolute atomic E-state index is 0.227. The Bertz CT molecular complexity index is 1490. The molecule has 5 rings (SSSR count). The first kappa shape index (κ1) is 22.6. The number of aliphatic imine (C=N–C) groups is 1. The number of aromatic nitrogens is 1. The fourth-order valence-corrected chi connectivity index (χ4v) is 4.67. The van der Waals surface area contributed by atoms with Crippen LogP contribution in [0.25, 0.3) is 17.0 Å². The Morgan fingerprint density at radius 3 is 2.57 bits per heavy atom. The Labute approximate surface area is 205 Å². The number of ether oxygens (including phenoxy) is 1. The maximum atomic E-state index is 13.3. The number of amidine groups is 1. The van der Waals surface area contributed by atoms with Gasteiger partial charge in [0.05, 0.1) is 23.3 Å². The number of halogens is 1. The monoisotopic (exact) mass is 485 g/mol. The van der Waals surface area contributed by atoms with E-state index in [1.54, 1.807) is 36.4 Å². The first-order valence-electron chi connectivity index (χ1n) is 10.8. The number of amides is 1. The number of nitrogens with one attached hydrogen (secondary N) is 1. The second-order valence-electron chi connectivity index (χ2n) is 7.88. The molecule has 0 saturated carbocycles. The molecule has 2 heterocycles. The zero-order valence-electron chi connectivity index (χ0n) is 18.7. The first-order valence-corrected chi connectivity index (χ1v) is 11.6. The third-order valence-corrected chi connectivity index (χ3v) is 6.45. The summed E-state index contributed by atoms with van der Waals surface area (Å²) in [7, 11) is 1.33. The van der Waals surface area contributed by atoms with Crippen LogP contribution >= 0.6 is 11.8 Å². The number of rotatable bonds is 5. The van der Waals surface area contributed by atoms with Crippen molar-refractivity contribution in [1.82, 2.24) is 9.88 Å². The van der Waals surface area contributed by atoms with Gasteiger partial charge in [0.15, 0.2) is 5.17 Å². The quantitative estimate of drug-likeness (QED) is 0.299. The van der Waals surface area contributed by atoms with Crippen LogP contribution in [0.2, 0.25) is 0 Å². The number of carbonyl (C=O) groups is 2. The van der Waals surface area contributed by atoms with Crippen molar-refractivity contribution in [2.45, 2.75) is 6.54 Å². The van der Waals surface area contributed by atoms with E-state index in [1.807, 2.05) is 36.5 Å². The number of hydrogen-bond acceptors (Lipinski definition) is 5. The van der Waals surface area contributed by atoms with Crippen molar-refractivity contribution in [3.63, 3.8) is 0 Å². The number of benzene rings is 3. The van der Waals surface area contributed by atoms with Gasteiger partial charge in [0, 0.05) is 29.2 Å². The number of para-hydroxylation sites is 1. The molecule has 1 aliphatic heterocycles. The Hall–Kier alpha value is -4.17. The fraction of sp³-hybridized carbons (Fsp3) is 0.0741. The van der Waals surface area contributed by atoms with Crippen LogP contribution in [-0.4, -0.2) is 28.7 Å². The molecule has 1 saturated heterocycles. The van der Waals surface area contributed by atoms with Crippen molar-refractivity contribution in [3.05, 3.63) is 106 Å². The van der Waals surface area contributed by atoms with Gasteiger partial charge in [0.25, 0.3) is 5.91 Å². The molecule has 1 amide bonds. The van der Waals surface area contributed by atoms with E-state index in [-0.39, 0.29) is 11.7 Å². The molecule has 4 aromatic rings. The van der Waals surface area contributed by atoms with Crippen LogP contribution in [0, 0.1) is 5.82 Å². The Balaban J connectivity index is 1.41. The second-order valence-corrected chi connectivity index (χ2v) is 8.91. The maximum absolute atomic E-state index is 13.3. The van der Waals surface area contributed by atoms with Crippen molar-refractivity contribution >= 4 is 51.5 Å². The molecule has 1 aromatic heterocycles. The van der Waals surface area contributed by atoms with Crippen LogP contribution in [0.5, 0.6) is 0 Å². The normalized spacial score (nSPS) is 15.7. The predicted molar refractivity (Wildman–Crippen MR) is 136 cm³/mol. The summed E-state index contributed by atoms with van der Waals surface area (Å²) in [4.78, 5) is 29.2. The molecule has 8 heteroatoms. The Morgan fingerprint density at radius 2 is 1.83 bits per heavy atom. The number of fused-ring (bicyclic) bond motifs is 1. The number of nitrogens with zero attached hydrogens (tertiary/aromatic N) is 2. The van der Waals surface area contributed by atoms with Gasteiger partial charge in [-0.25, -0.2) is 14.2 Å². The summed E-state index contributed by atoms with van der Waals surface area (Å²) in [6.45, 7) is 0.581. The van der Waals surface area contributed by atoms with Gasteiger partial charge >= 0.3 is 5.97 Å². The van der Waals surface area contributed by atoms with Gasteiger partial charge in [0.1, 0.15) is 5.82 Å². The van der Waals surface area contributed by atoms with Gasteiger partial charge < -0.3 is 14.6 Å². The van der Waals surface area contributed by atoms with Gasteiger partial charge in [-0.2, -0.15) is 0 Å². The summed E-state index contributed by atoms with van der Waals surface area (Å²) >= 11 is 1.25. The highest BCUT2D eigenvalue weighted by molar-refractivity contribution is 8.18. The van der Waals surface area contributed by atoms with Crippen LogP contribution in [0.1, 0.15) is 21.5 Å².